The molecule has 2 heterocycles. The van der Waals surface area contributed by atoms with Crippen molar-refractivity contribution >= 4 is 10.9 Å². The molecule has 5 nitrogen and oxygen atoms in total. The van der Waals surface area contributed by atoms with Crippen molar-refractivity contribution in [1.82, 2.24) is 10.3 Å². The summed E-state index contributed by atoms with van der Waals surface area (Å²) in [5, 5.41) is 4.64. The van der Waals surface area contributed by atoms with Gasteiger partial charge in [0.2, 0.25) is 5.75 Å². The number of aromatic amines is 1. The number of hydrogen-bond donors (Lipinski definition) is 2. The van der Waals surface area contributed by atoms with Crippen LogP contribution in [0.15, 0.2) is 42.6 Å². The van der Waals surface area contributed by atoms with E-state index in [1.165, 1.54) is 11.6 Å². The van der Waals surface area contributed by atoms with Crippen LogP contribution < -0.4 is 19.5 Å². The van der Waals surface area contributed by atoms with Gasteiger partial charge in [-0.1, -0.05) is 6.07 Å². The van der Waals surface area contributed by atoms with Gasteiger partial charge in [-0.15, -0.1) is 0 Å². The molecular formula is C23H25FN2O3. The molecule has 0 saturated heterocycles. The Morgan fingerprint density at radius 2 is 2.17 bits per heavy atom. The van der Waals surface area contributed by atoms with Crippen molar-refractivity contribution in [2.24, 2.45) is 0 Å². The number of fused-ring (bicyclic) bond motifs is 2. The van der Waals surface area contributed by atoms with E-state index in [1.807, 2.05) is 30.5 Å². The molecular weight excluding hydrogens is 371 g/mol. The minimum atomic E-state index is -0.184. The maximum absolute atomic E-state index is 13.7. The van der Waals surface area contributed by atoms with Gasteiger partial charge in [0, 0.05) is 29.7 Å². The standard InChI is InChI=1S/C23H25FN2O3/c1-27-21-3-2-4-22-23(21)29-17(13-28-22)11-25-16-7-5-14(9-16)19-12-26-20-8-6-15(24)10-18(19)20/h2-4,6,8,10,12,14,16-17,25-26H,5,7,9,11,13H2,1H3/t14-,16-,17+/m1/s1. The molecule has 0 unspecified atom stereocenters. The Morgan fingerprint density at radius 1 is 1.24 bits per heavy atom. The SMILES string of the molecule is COc1cccc2c1O[C@@H](CN[C@@H]1CC[C@@H](c3c[nH]c4ccc(F)cc34)C1)CO2. The number of halogens is 1. The van der Waals surface area contributed by atoms with Crippen LogP contribution in [0.3, 0.4) is 0 Å². The Bertz CT molecular complexity index is 1000. The van der Waals surface area contributed by atoms with Gasteiger partial charge in [-0.05, 0) is 61.1 Å². The fourth-order valence-electron chi connectivity index (χ4n) is 4.57. The smallest absolute Gasteiger partial charge is 0.204 e. The van der Waals surface area contributed by atoms with Crippen molar-refractivity contribution in [2.75, 3.05) is 20.3 Å². The van der Waals surface area contributed by atoms with E-state index in [2.05, 4.69) is 10.3 Å². The summed E-state index contributed by atoms with van der Waals surface area (Å²) in [4.78, 5) is 3.28. The lowest BCUT2D eigenvalue weighted by Crippen LogP contribution is -2.41. The highest BCUT2D eigenvalue weighted by atomic mass is 19.1. The van der Waals surface area contributed by atoms with E-state index in [9.17, 15) is 4.39 Å². The number of hydrogen-bond acceptors (Lipinski definition) is 4. The topological polar surface area (TPSA) is 55.5 Å². The van der Waals surface area contributed by atoms with Gasteiger partial charge in [-0.3, -0.25) is 0 Å². The summed E-state index contributed by atoms with van der Waals surface area (Å²) < 4.78 is 31.0. The Hall–Kier alpha value is -2.73. The molecule has 1 aliphatic carbocycles. The lowest BCUT2D eigenvalue weighted by atomic mass is 9.97. The van der Waals surface area contributed by atoms with E-state index in [-0.39, 0.29) is 11.9 Å². The number of benzene rings is 2. The molecule has 2 aliphatic rings. The summed E-state index contributed by atoms with van der Waals surface area (Å²) >= 11 is 0. The highest BCUT2D eigenvalue weighted by Gasteiger charge is 2.29. The summed E-state index contributed by atoms with van der Waals surface area (Å²) in [6.45, 7) is 1.24. The molecule has 2 N–H and O–H groups in total. The zero-order valence-electron chi connectivity index (χ0n) is 16.4. The third kappa shape index (κ3) is 3.53. The van der Waals surface area contributed by atoms with Gasteiger partial charge in [-0.25, -0.2) is 4.39 Å². The maximum Gasteiger partial charge on any atom is 0.204 e. The van der Waals surface area contributed by atoms with Gasteiger partial charge in [0.1, 0.15) is 18.5 Å². The molecule has 0 spiro atoms. The van der Waals surface area contributed by atoms with E-state index < -0.39 is 0 Å². The normalized spacial score (nSPS) is 23.4. The summed E-state index contributed by atoms with van der Waals surface area (Å²) in [6, 6.07) is 11.0. The van der Waals surface area contributed by atoms with Crippen molar-refractivity contribution in [3.05, 3.63) is 54.0 Å². The first-order valence-corrected chi connectivity index (χ1v) is 10.2. The number of para-hydroxylation sites is 1. The van der Waals surface area contributed by atoms with Crippen LogP contribution in [-0.2, 0) is 0 Å². The first-order chi connectivity index (χ1) is 14.2. The molecule has 6 heteroatoms. The quantitative estimate of drug-likeness (QED) is 0.672. The van der Waals surface area contributed by atoms with Crippen LogP contribution in [0.1, 0.15) is 30.7 Å². The van der Waals surface area contributed by atoms with Crippen LogP contribution in [0.5, 0.6) is 17.2 Å². The second-order valence-corrected chi connectivity index (χ2v) is 7.89. The highest BCUT2D eigenvalue weighted by Crippen LogP contribution is 2.41. The van der Waals surface area contributed by atoms with Crippen molar-refractivity contribution in [1.29, 1.82) is 0 Å². The van der Waals surface area contributed by atoms with Gasteiger partial charge >= 0.3 is 0 Å². The fraction of sp³-hybridized carbons (Fsp3) is 0.391. The van der Waals surface area contributed by atoms with E-state index in [1.54, 1.807) is 13.2 Å². The Morgan fingerprint density at radius 3 is 3.07 bits per heavy atom. The average Bonchev–Trinajstić information content (AvgIpc) is 3.38. The van der Waals surface area contributed by atoms with Gasteiger partial charge in [-0.2, -0.15) is 0 Å². The Kier molecular flexibility index (Phi) is 4.79. The van der Waals surface area contributed by atoms with Crippen LogP contribution >= 0.6 is 0 Å². The molecule has 3 atom stereocenters. The third-order valence-corrected chi connectivity index (χ3v) is 6.05. The molecule has 0 radical (unpaired) electrons. The summed E-state index contributed by atoms with van der Waals surface area (Å²) in [7, 11) is 1.64. The molecule has 0 bridgehead atoms. The fourth-order valence-corrected chi connectivity index (χ4v) is 4.57. The number of rotatable bonds is 5. The third-order valence-electron chi connectivity index (χ3n) is 6.05. The van der Waals surface area contributed by atoms with Crippen LogP contribution in [0.4, 0.5) is 4.39 Å². The number of aromatic nitrogens is 1. The van der Waals surface area contributed by atoms with Crippen LogP contribution in [0, 0.1) is 5.82 Å². The molecule has 1 saturated carbocycles. The minimum Gasteiger partial charge on any atom is -0.493 e. The molecule has 1 aliphatic heterocycles. The van der Waals surface area contributed by atoms with Crippen LogP contribution in [0.25, 0.3) is 10.9 Å². The second kappa shape index (κ2) is 7.59. The molecule has 1 aromatic heterocycles. The lowest BCUT2D eigenvalue weighted by Gasteiger charge is -2.28. The predicted molar refractivity (Wildman–Crippen MR) is 110 cm³/mol. The van der Waals surface area contributed by atoms with E-state index in [4.69, 9.17) is 14.2 Å². The largest absolute Gasteiger partial charge is 0.493 e. The first kappa shape index (κ1) is 18.3. The molecule has 1 fully saturated rings. The first-order valence-electron chi connectivity index (χ1n) is 10.2. The Balaban J connectivity index is 1.20. The molecule has 0 amide bonds. The number of methoxy groups -OCH3 is 1. The molecule has 5 rings (SSSR count). The van der Waals surface area contributed by atoms with Gasteiger partial charge in [0.15, 0.2) is 11.5 Å². The number of ether oxygens (including phenoxy) is 3. The lowest BCUT2D eigenvalue weighted by molar-refractivity contribution is 0.0844. The zero-order chi connectivity index (χ0) is 19.8. The predicted octanol–water partition coefficient (Wildman–Crippen LogP) is 4.38. The molecule has 29 heavy (non-hydrogen) atoms. The van der Waals surface area contributed by atoms with Crippen LogP contribution in [0.2, 0.25) is 0 Å². The highest BCUT2D eigenvalue weighted by molar-refractivity contribution is 5.83. The van der Waals surface area contributed by atoms with Gasteiger partial charge in [0.05, 0.1) is 7.11 Å². The van der Waals surface area contributed by atoms with Crippen molar-refractivity contribution in [3.63, 3.8) is 0 Å². The van der Waals surface area contributed by atoms with Gasteiger partial charge in [0.25, 0.3) is 0 Å². The molecule has 152 valence electrons. The van der Waals surface area contributed by atoms with Gasteiger partial charge < -0.3 is 24.5 Å². The Labute approximate surface area is 169 Å². The van der Waals surface area contributed by atoms with Crippen molar-refractivity contribution in [3.8, 4) is 17.2 Å². The zero-order valence-corrected chi connectivity index (χ0v) is 16.4. The number of nitrogens with one attached hydrogen (secondary N) is 2. The van der Waals surface area contributed by atoms with Crippen molar-refractivity contribution < 1.29 is 18.6 Å². The summed E-state index contributed by atoms with van der Waals surface area (Å²) in [6.07, 6.45) is 5.22. The van der Waals surface area contributed by atoms with Crippen molar-refractivity contribution in [2.45, 2.75) is 37.3 Å². The monoisotopic (exact) mass is 396 g/mol. The van der Waals surface area contributed by atoms with E-state index >= 15 is 0 Å². The van der Waals surface area contributed by atoms with Crippen LogP contribution in [-0.4, -0.2) is 37.4 Å². The summed E-state index contributed by atoms with van der Waals surface area (Å²) in [5.41, 5.74) is 2.22. The minimum absolute atomic E-state index is 0.0555. The summed E-state index contributed by atoms with van der Waals surface area (Å²) in [5.74, 6) is 2.36. The molecule has 2 aromatic carbocycles. The number of H-pyrrole nitrogens is 1. The maximum atomic E-state index is 13.7. The average molecular weight is 396 g/mol. The van der Waals surface area contributed by atoms with E-state index in [0.29, 0.717) is 30.1 Å². The second-order valence-electron chi connectivity index (χ2n) is 7.89. The molecule has 3 aromatic rings. The van der Waals surface area contributed by atoms with E-state index in [0.717, 1.165) is 42.5 Å².